The minimum absolute atomic E-state index is 0.102. The lowest BCUT2D eigenvalue weighted by Gasteiger charge is -2.42. The molecule has 2 aromatic carbocycles. The number of aromatic nitrogens is 3. The van der Waals surface area contributed by atoms with Crippen LogP contribution in [-0.4, -0.2) is 44.2 Å². The predicted molar refractivity (Wildman–Crippen MR) is 130 cm³/mol. The summed E-state index contributed by atoms with van der Waals surface area (Å²) in [7, 11) is 0. The fourth-order valence-corrected chi connectivity index (χ4v) is 5.27. The SMILES string of the molecule is O=c1[nH]c2cccnc2n1CCCN1CCC(C(O)(c2ccc(F)cc2)c2ccc(F)cc2)CC1. The summed E-state index contributed by atoms with van der Waals surface area (Å²) in [6.45, 7) is 2.97. The van der Waals surface area contributed by atoms with Crippen molar-refractivity contribution in [2.45, 2.75) is 31.4 Å². The quantitative estimate of drug-likeness (QED) is 0.421. The summed E-state index contributed by atoms with van der Waals surface area (Å²) in [6.07, 6.45) is 3.95. The van der Waals surface area contributed by atoms with Gasteiger partial charge in [0.2, 0.25) is 0 Å². The minimum atomic E-state index is -1.34. The highest BCUT2D eigenvalue weighted by Gasteiger charge is 2.41. The van der Waals surface area contributed by atoms with Crippen LogP contribution in [0.25, 0.3) is 11.2 Å². The number of pyridine rings is 1. The number of imidazole rings is 1. The van der Waals surface area contributed by atoms with Crippen LogP contribution in [0.5, 0.6) is 0 Å². The van der Waals surface area contributed by atoms with Gasteiger partial charge in [-0.3, -0.25) is 4.57 Å². The van der Waals surface area contributed by atoms with Gasteiger partial charge in [-0.15, -0.1) is 0 Å². The Morgan fingerprint density at radius 1 is 0.943 bits per heavy atom. The van der Waals surface area contributed by atoms with E-state index in [4.69, 9.17) is 0 Å². The highest BCUT2D eigenvalue weighted by atomic mass is 19.1. The molecule has 1 saturated heterocycles. The number of fused-ring (bicyclic) bond motifs is 1. The van der Waals surface area contributed by atoms with Gasteiger partial charge in [-0.2, -0.15) is 0 Å². The van der Waals surface area contributed by atoms with E-state index in [9.17, 15) is 18.7 Å². The Bertz CT molecular complexity index is 1290. The number of H-pyrrole nitrogens is 1. The van der Waals surface area contributed by atoms with Crippen molar-refractivity contribution in [3.05, 3.63) is 100 Å². The number of nitrogens with one attached hydrogen (secondary N) is 1. The summed E-state index contributed by atoms with van der Waals surface area (Å²) in [5, 5.41) is 12.0. The Balaban J connectivity index is 1.26. The third kappa shape index (κ3) is 4.63. The normalized spacial score (nSPS) is 15.6. The van der Waals surface area contributed by atoms with Crippen molar-refractivity contribution in [3.8, 4) is 0 Å². The van der Waals surface area contributed by atoms with E-state index in [-0.39, 0.29) is 23.2 Å². The average molecular weight is 479 g/mol. The molecule has 1 aliphatic rings. The molecular formula is C27H28F2N4O2. The molecule has 8 heteroatoms. The van der Waals surface area contributed by atoms with E-state index in [2.05, 4.69) is 14.9 Å². The molecule has 182 valence electrons. The van der Waals surface area contributed by atoms with Crippen molar-refractivity contribution < 1.29 is 13.9 Å². The number of hydrogen-bond donors (Lipinski definition) is 2. The molecule has 5 rings (SSSR count). The first-order chi connectivity index (χ1) is 16.9. The third-order valence-electron chi connectivity index (χ3n) is 7.13. The maximum atomic E-state index is 13.6. The summed E-state index contributed by atoms with van der Waals surface area (Å²) in [5.41, 5.74) is 1.13. The molecule has 0 saturated carbocycles. The van der Waals surface area contributed by atoms with E-state index in [0.29, 0.717) is 23.3 Å². The topological polar surface area (TPSA) is 74.2 Å². The molecule has 0 aliphatic carbocycles. The number of hydrogen-bond acceptors (Lipinski definition) is 4. The second-order valence-electron chi connectivity index (χ2n) is 9.21. The third-order valence-corrected chi connectivity index (χ3v) is 7.13. The van der Waals surface area contributed by atoms with E-state index < -0.39 is 5.60 Å². The Hall–Kier alpha value is -3.36. The molecule has 4 aromatic rings. The average Bonchev–Trinajstić information content (AvgIpc) is 3.20. The maximum absolute atomic E-state index is 13.6. The summed E-state index contributed by atoms with van der Waals surface area (Å²) in [6, 6.07) is 15.5. The van der Waals surface area contributed by atoms with E-state index in [1.807, 2.05) is 6.07 Å². The zero-order valence-electron chi connectivity index (χ0n) is 19.3. The first-order valence-electron chi connectivity index (χ1n) is 12.0. The lowest BCUT2D eigenvalue weighted by molar-refractivity contribution is -0.0144. The monoisotopic (exact) mass is 478 g/mol. The van der Waals surface area contributed by atoms with E-state index >= 15 is 0 Å². The second kappa shape index (κ2) is 9.71. The van der Waals surface area contributed by atoms with Crippen LogP contribution in [0.3, 0.4) is 0 Å². The molecule has 0 unspecified atom stereocenters. The summed E-state index contributed by atoms with van der Waals surface area (Å²) in [4.78, 5) is 21.7. The van der Waals surface area contributed by atoms with Crippen molar-refractivity contribution in [2.75, 3.05) is 19.6 Å². The number of aromatic amines is 1. The minimum Gasteiger partial charge on any atom is -0.380 e. The molecule has 3 heterocycles. The first-order valence-corrected chi connectivity index (χ1v) is 12.0. The van der Waals surface area contributed by atoms with E-state index in [0.717, 1.165) is 44.4 Å². The van der Waals surface area contributed by atoms with Crippen molar-refractivity contribution in [2.24, 2.45) is 5.92 Å². The van der Waals surface area contributed by atoms with Crippen LogP contribution in [0, 0.1) is 17.6 Å². The van der Waals surface area contributed by atoms with E-state index in [1.165, 1.54) is 24.3 Å². The van der Waals surface area contributed by atoms with Crippen LogP contribution in [0.4, 0.5) is 8.78 Å². The molecule has 0 spiro atoms. The van der Waals surface area contributed by atoms with Crippen molar-refractivity contribution in [1.82, 2.24) is 19.4 Å². The molecule has 1 aliphatic heterocycles. The standard InChI is InChI=1S/C27H28F2N4O2/c28-22-8-4-19(5-9-22)27(35,20-6-10-23(29)11-7-20)21-12-17-32(18-13-21)15-2-16-33-25-24(31-26(33)34)3-1-14-30-25/h1,3-11,14,21,35H,2,12-13,15-18H2,(H,31,34). The number of aliphatic hydroxyl groups is 1. The summed E-state index contributed by atoms with van der Waals surface area (Å²) >= 11 is 0. The molecule has 2 aromatic heterocycles. The largest absolute Gasteiger partial charge is 0.380 e. The molecule has 35 heavy (non-hydrogen) atoms. The van der Waals surface area contributed by atoms with Crippen LogP contribution in [-0.2, 0) is 12.1 Å². The number of aryl methyl sites for hydroxylation is 1. The smallest absolute Gasteiger partial charge is 0.327 e. The molecule has 6 nitrogen and oxygen atoms in total. The van der Waals surface area contributed by atoms with Crippen LogP contribution >= 0.6 is 0 Å². The molecular weight excluding hydrogens is 450 g/mol. The zero-order chi connectivity index (χ0) is 24.4. The van der Waals surface area contributed by atoms with Crippen molar-refractivity contribution >= 4 is 11.2 Å². The molecule has 2 N–H and O–H groups in total. The van der Waals surface area contributed by atoms with Gasteiger partial charge in [0.25, 0.3) is 0 Å². The Kier molecular flexibility index (Phi) is 6.49. The molecule has 0 bridgehead atoms. The van der Waals surface area contributed by atoms with Gasteiger partial charge in [0.1, 0.15) is 17.2 Å². The van der Waals surface area contributed by atoms with Gasteiger partial charge in [0, 0.05) is 12.7 Å². The first kappa shape index (κ1) is 23.4. The lowest BCUT2D eigenvalue weighted by Crippen LogP contribution is -2.44. The number of rotatable bonds is 7. The van der Waals surface area contributed by atoms with Crippen molar-refractivity contribution in [1.29, 1.82) is 0 Å². The van der Waals surface area contributed by atoms with Gasteiger partial charge in [-0.25, -0.2) is 18.6 Å². The molecule has 0 atom stereocenters. The number of piperidine rings is 1. The molecule has 1 fully saturated rings. The predicted octanol–water partition coefficient (Wildman–Crippen LogP) is 4.04. The zero-order valence-corrected chi connectivity index (χ0v) is 19.3. The van der Waals surface area contributed by atoms with Crippen LogP contribution in [0.2, 0.25) is 0 Å². The van der Waals surface area contributed by atoms with Crippen LogP contribution in [0.1, 0.15) is 30.4 Å². The highest BCUT2D eigenvalue weighted by molar-refractivity contribution is 5.69. The second-order valence-corrected chi connectivity index (χ2v) is 9.21. The van der Waals surface area contributed by atoms with Crippen LogP contribution < -0.4 is 5.69 Å². The fourth-order valence-electron chi connectivity index (χ4n) is 5.27. The molecule has 0 radical (unpaired) electrons. The van der Waals surface area contributed by atoms with Gasteiger partial charge in [-0.05, 0) is 92.3 Å². The van der Waals surface area contributed by atoms with Gasteiger partial charge < -0.3 is 15.0 Å². The number of nitrogens with zero attached hydrogens (tertiary/aromatic N) is 3. The Labute approximate surface area is 201 Å². The summed E-state index contributed by atoms with van der Waals surface area (Å²) in [5.74, 6) is -0.834. The lowest BCUT2D eigenvalue weighted by atomic mass is 9.72. The fraction of sp³-hybridized carbons (Fsp3) is 0.333. The highest BCUT2D eigenvalue weighted by Crippen LogP contribution is 2.42. The number of benzene rings is 2. The molecule has 0 amide bonds. The van der Waals surface area contributed by atoms with Crippen molar-refractivity contribution in [3.63, 3.8) is 0 Å². The Morgan fingerprint density at radius 3 is 2.14 bits per heavy atom. The van der Waals surface area contributed by atoms with Gasteiger partial charge in [0.05, 0.1) is 5.52 Å². The number of halogens is 2. The van der Waals surface area contributed by atoms with Gasteiger partial charge >= 0.3 is 5.69 Å². The summed E-state index contributed by atoms with van der Waals surface area (Å²) < 4.78 is 28.9. The van der Waals surface area contributed by atoms with E-state index in [1.54, 1.807) is 41.1 Å². The number of likely N-dealkylation sites (tertiary alicyclic amines) is 1. The van der Waals surface area contributed by atoms with Crippen LogP contribution in [0.15, 0.2) is 71.7 Å². The maximum Gasteiger partial charge on any atom is 0.327 e. The van der Waals surface area contributed by atoms with Gasteiger partial charge in [-0.1, -0.05) is 24.3 Å². The van der Waals surface area contributed by atoms with Gasteiger partial charge in [0.15, 0.2) is 5.65 Å². The Morgan fingerprint density at radius 2 is 1.54 bits per heavy atom.